The average molecular weight is 219 g/mol. The first-order valence-electron chi connectivity index (χ1n) is 5.64. The van der Waals surface area contributed by atoms with Gasteiger partial charge in [0.2, 0.25) is 5.91 Å². The fourth-order valence-corrected chi connectivity index (χ4v) is 2.32. The number of nitrogens with two attached hydrogens (primary N) is 1. The molecule has 2 heterocycles. The van der Waals surface area contributed by atoms with Crippen LogP contribution in [0.3, 0.4) is 0 Å². The van der Waals surface area contributed by atoms with Crippen molar-refractivity contribution in [3.8, 4) is 0 Å². The van der Waals surface area contributed by atoms with Gasteiger partial charge in [-0.05, 0) is 30.5 Å². The minimum atomic E-state index is -0.0674. The predicted octanol–water partition coefficient (Wildman–Crippen LogP) is 0.578. The minimum Gasteiger partial charge on any atom is -0.356 e. The summed E-state index contributed by atoms with van der Waals surface area (Å²) in [7, 11) is 0. The Morgan fingerprint density at radius 1 is 1.38 bits per heavy atom. The summed E-state index contributed by atoms with van der Waals surface area (Å²) < 4.78 is 0. The normalized spacial score (nSPS) is 25.9. The lowest BCUT2D eigenvalue weighted by atomic mass is 9.75. The Hall–Kier alpha value is -1.42. The van der Waals surface area contributed by atoms with Crippen LogP contribution in [0.2, 0.25) is 0 Å². The van der Waals surface area contributed by atoms with Gasteiger partial charge in [-0.1, -0.05) is 0 Å². The third-order valence-electron chi connectivity index (χ3n) is 3.44. The molecule has 4 nitrogen and oxygen atoms in total. The molecule has 0 spiro atoms. The molecule has 1 amide bonds. The highest BCUT2D eigenvalue weighted by atomic mass is 16.1. The topological polar surface area (TPSA) is 68.0 Å². The van der Waals surface area contributed by atoms with Crippen LogP contribution < -0.4 is 11.1 Å². The molecule has 1 unspecified atom stereocenters. The van der Waals surface area contributed by atoms with E-state index in [4.69, 9.17) is 5.73 Å². The van der Waals surface area contributed by atoms with E-state index in [0.29, 0.717) is 19.5 Å². The maximum Gasteiger partial charge on any atom is 0.220 e. The quantitative estimate of drug-likeness (QED) is 0.764. The molecule has 1 aromatic rings. The van der Waals surface area contributed by atoms with Crippen molar-refractivity contribution in [3.63, 3.8) is 0 Å². The third-order valence-corrected chi connectivity index (χ3v) is 3.44. The number of carbonyl (C=O) groups excluding carboxylic acids is 1. The van der Waals surface area contributed by atoms with Crippen LogP contribution >= 0.6 is 0 Å². The van der Waals surface area contributed by atoms with Crippen molar-refractivity contribution in [1.82, 2.24) is 10.3 Å². The van der Waals surface area contributed by atoms with Gasteiger partial charge >= 0.3 is 0 Å². The fraction of sp³-hybridized carbons (Fsp3) is 0.500. The number of pyridine rings is 1. The number of carbonyl (C=O) groups is 1. The number of amides is 1. The highest BCUT2D eigenvalue weighted by Gasteiger charge is 2.32. The number of rotatable bonds is 2. The Morgan fingerprint density at radius 2 is 2.12 bits per heavy atom. The van der Waals surface area contributed by atoms with Gasteiger partial charge in [-0.2, -0.15) is 0 Å². The lowest BCUT2D eigenvalue weighted by molar-refractivity contribution is -0.120. The van der Waals surface area contributed by atoms with E-state index < -0.39 is 0 Å². The van der Waals surface area contributed by atoms with Crippen molar-refractivity contribution >= 4 is 5.91 Å². The van der Waals surface area contributed by atoms with E-state index in [2.05, 4.69) is 10.3 Å². The van der Waals surface area contributed by atoms with Crippen LogP contribution in [0.15, 0.2) is 24.5 Å². The predicted molar refractivity (Wildman–Crippen MR) is 61.8 cm³/mol. The zero-order chi connectivity index (χ0) is 11.4. The molecule has 4 heteroatoms. The largest absolute Gasteiger partial charge is 0.356 e. The van der Waals surface area contributed by atoms with Crippen LogP contribution in [0.4, 0.5) is 0 Å². The first-order valence-corrected chi connectivity index (χ1v) is 5.64. The van der Waals surface area contributed by atoms with Crippen LogP contribution in [-0.4, -0.2) is 24.0 Å². The summed E-state index contributed by atoms with van der Waals surface area (Å²) in [5.41, 5.74) is 7.05. The van der Waals surface area contributed by atoms with E-state index in [1.54, 1.807) is 12.4 Å². The van der Waals surface area contributed by atoms with Crippen LogP contribution in [0.1, 0.15) is 24.8 Å². The van der Waals surface area contributed by atoms with Crippen LogP contribution in [0.25, 0.3) is 0 Å². The summed E-state index contributed by atoms with van der Waals surface area (Å²) >= 11 is 0. The van der Waals surface area contributed by atoms with E-state index in [1.165, 1.54) is 5.56 Å². The summed E-state index contributed by atoms with van der Waals surface area (Å²) in [6.07, 6.45) is 5.85. The monoisotopic (exact) mass is 219 g/mol. The van der Waals surface area contributed by atoms with Gasteiger partial charge in [0.05, 0.1) is 0 Å². The van der Waals surface area contributed by atoms with E-state index in [0.717, 1.165) is 12.8 Å². The molecule has 0 radical (unpaired) electrons. The van der Waals surface area contributed by atoms with E-state index >= 15 is 0 Å². The van der Waals surface area contributed by atoms with Gasteiger partial charge in [-0.15, -0.1) is 0 Å². The van der Waals surface area contributed by atoms with Crippen LogP contribution in [-0.2, 0) is 10.2 Å². The van der Waals surface area contributed by atoms with Crippen molar-refractivity contribution in [2.75, 3.05) is 13.1 Å². The van der Waals surface area contributed by atoms with Crippen molar-refractivity contribution in [3.05, 3.63) is 30.1 Å². The van der Waals surface area contributed by atoms with Gasteiger partial charge in [0.25, 0.3) is 0 Å². The molecule has 0 saturated carbocycles. The molecule has 1 atom stereocenters. The zero-order valence-electron chi connectivity index (χ0n) is 9.28. The highest BCUT2D eigenvalue weighted by Crippen LogP contribution is 2.32. The Kier molecular flexibility index (Phi) is 3.19. The highest BCUT2D eigenvalue weighted by molar-refractivity contribution is 5.76. The van der Waals surface area contributed by atoms with Gasteiger partial charge < -0.3 is 11.1 Å². The Bertz CT molecular complexity index is 366. The molecule has 1 aromatic heterocycles. The Balaban J connectivity index is 2.28. The Labute approximate surface area is 95.3 Å². The molecule has 0 aromatic carbocycles. The molecule has 1 aliphatic rings. The second kappa shape index (κ2) is 4.61. The fourth-order valence-electron chi connectivity index (χ4n) is 2.32. The van der Waals surface area contributed by atoms with Gasteiger partial charge in [0.1, 0.15) is 0 Å². The third kappa shape index (κ3) is 2.07. The SMILES string of the molecule is NCC1(c2ccncc2)CCNC(=O)CC1. The first-order chi connectivity index (χ1) is 7.77. The van der Waals surface area contributed by atoms with Gasteiger partial charge in [0, 0.05) is 37.3 Å². The maximum absolute atomic E-state index is 11.4. The zero-order valence-corrected chi connectivity index (χ0v) is 9.28. The first kappa shape index (κ1) is 11.1. The summed E-state index contributed by atoms with van der Waals surface area (Å²) in [6.45, 7) is 1.28. The maximum atomic E-state index is 11.4. The van der Waals surface area contributed by atoms with Gasteiger partial charge in [0.15, 0.2) is 0 Å². The van der Waals surface area contributed by atoms with E-state index in [-0.39, 0.29) is 11.3 Å². The number of nitrogens with one attached hydrogen (secondary N) is 1. The van der Waals surface area contributed by atoms with Gasteiger partial charge in [-0.3, -0.25) is 9.78 Å². The molecular formula is C12H17N3O. The number of hydrogen-bond donors (Lipinski definition) is 2. The van der Waals surface area contributed by atoms with Crippen LogP contribution in [0.5, 0.6) is 0 Å². The van der Waals surface area contributed by atoms with E-state index in [1.807, 2.05) is 12.1 Å². The van der Waals surface area contributed by atoms with Crippen molar-refractivity contribution in [2.24, 2.45) is 5.73 Å². The summed E-state index contributed by atoms with van der Waals surface area (Å²) in [5, 5.41) is 2.89. The molecule has 1 fully saturated rings. The summed E-state index contributed by atoms with van der Waals surface area (Å²) in [5.74, 6) is 0.129. The van der Waals surface area contributed by atoms with Crippen molar-refractivity contribution < 1.29 is 4.79 Å². The van der Waals surface area contributed by atoms with Crippen molar-refractivity contribution in [1.29, 1.82) is 0 Å². The standard InChI is InChI=1S/C12H17N3O/c13-9-12(10-2-6-14-7-3-10)4-1-11(16)15-8-5-12/h2-3,6-7H,1,4-5,8-9,13H2,(H,15,16). The molecule has 1 saturated heterocycles. The number of aromatic nitrogens is 1. The Morgan fingerprint density at radius 3 is 2.81 bits per heavy atom. The number of hydrogen-bond acceptors (Lipinski definition) is 3. The second-order valence-corrected chi connectivity index (χ2v) is 4.32. The van der Waals surface area contributed by atoms with E-state index in [9.17, 15) is 4.79 Å². The molecular weight excluding hydrogens is 202 g/mol. The smallest absolute Gasteiger partial charge is 0.220 e. The number of nitrogens with zero attached hydrogens (tertiary/aromatic N) is 1. The molecule has 1 aliphatic heterocycles. The lowest BCUT2D eigenvalue weighted by Crippen LogP contribution is -2.36. The molecule has 2 rings (SSSR count). The average Bonchev–Trinajstić information content (AvgIpc) is 2.53. The van der Waals surface area contributed by atoms with Crippen LogP contribution in [0, 0.1) is 0 Å². The summed E-state index contributed by atoms with van der Waals surface area (Å²) in [4.78, 5) is 15.4. The molecule has 0 aliphatic carbocycles. The molecule has 0 bridgehead atoms. The molecule has 3 N–H and O–H groups in total. The lowest BCUT2D eigenvalue weighted by Gasteiger charge is -2.31. The molecule has 86 valence electrons. The van der Waals surface area contributed by atoms with Gasteiger partial charge in [-0.25, -0.2) is 0 Å². The second-order valence-electron chi connectivity index (χ2n) is 4.32. The van der Waals surface area contributed by atoms with Crippen molar-refractivity contribution in [2.45, 2.75) is 24.7 Å². The summed E-state index contributed by atoms with van der Waals surface area (Å²) in [6, 6.07) is 4.01. The minimum absolute atomic E-state index is 0.0674. The molecule has 16 heavy (non-hydrogen) atoms.